The topological polar surface area (TPSA) is 82.5 Å². The maximum Gasteiger partial charge on any atom is 0.272 e. The monoisotopic (exact) mass is 439 g/mol. The number of carbonyl (C=O) groups is 1. The average Bonchev–Trinajstić information content (AvgIpc) is 3.15. The highest BCUT2D eigenvalue weighted by atomic mass is 32.1. The molecule has 158 valence electrons. The van der Waals surface area contributed by atoms with Crippen LogP contribution in [0, 0.1) is 5.82 Å². The fourth-order valence-electron chi connectivity index (χ4n) is 3.67. The number of rotatable bonds is 4. The molecule has 1 N–H and O–H groups in total. The second kappa shape index (κ2) is 7.66. The van der Waals surface area contributed by atoms with Gasteiger partial charge in [-0.3, -0.25) is 14.2 Å². The minimum atomic E-state index is -0.410. The molecule has 2 aromatic carbocycles. The van der Waals surface area contributed by atoms with Gasteiger partial charge < -0.3 is 14.8 Å². The first-order valence-electron chi connectivity index (χ1n) is 9.85. The minimum Gasteiger partial charge on any atom is -0.486 e. The molecule has 31 heavy (non-hydrogen) atoms. The quantitative estimate of drug-likeness (QED) is 0.524. The van der Waals surface area contributed by atoms with E-state index in [1.54, 1.807) is 30.3 Å². The zero-order chi connectivity index (χ0) is 21.5. The Bertz CT molecular complexity index is 1400. The number of fused-ring (bicyclic) bond motifs is 4. The van der Waals surface area contributed by atoms with Crippen molar-refractivity contribution >= 4 is 43.2 Å². The van der Waals surface area contributed by atoms with Gasteiger partial charge in [-0.2, -0.15) is 0 Å². The molecule has 3 heterocycles. The Labute approximate surface area is 180 Å². The van der Waals surface area contributed by atoms with Gasteiger partial charge in [-0.25, -0.2) is 9.37 Å². The number of amides is 1. The summed E-state index contributed by atoms with van der Waals surface area (Å²) in [6, 6.07) is 9.85. The Kier molecular flexibility index (Phi) is 4.82. The first-order chi connectivity index (χ1) is 15.0. The molecule has 1 amide bonds. The molecule has 0 radical (unpaired) electrons. The molecule has 0 bridgehead atoms. The molecule has 0 saturated heterocycles. The van der Waals surface area contributed by atoms with Crippen molar-refractivity contribution in [3.63, 3.8) is 0 Å². The molecule has 0 atom stereocenters. The molecule has 0 fully saturated rings. The molecule has 0 saturated carbocycles. The smallest absolute Gasteiger partial charge is 0.272 e. The van der Waals surface area contributed by atoms with E-state index in [-0.39, 0.29) is 18.0 Å². The summed E-state index contributed by atoms with van der Waals surface area (Å²) in [4.78, 5) is 30.4. The lowest BCUT2D eigenvalue weighted by atomic mass is 10.2. The van der Waals surface area contributed by atoms with Crippen LogP contribution in [0.1, 0.15) is 12.7 Å². The molecule has 2 aromatic heterocycles. The molecule has 1 aliphatic heterocycles. The molecule has 1 aliphatic rings. The number of nitrogens with one attached hydrogen (secondary N) is 1. The van der Waals surface area contributed by atoms with E-state index in [2.05, 4.69) is 10.3 Å². The third-order valence-electron chi connectivity index (χ3n) is 5.07. The largest absolute Gasteiger partial charge is 0.486 e. The van der Waals surface area contributed by atoms with Crippen molar-refractivity contribution in [2.45, 2.75) is 19.9 Å². The van der Waals surface area contributed by atoms with E-state index in [9.17, 15) is 14.0 Å². The van der Waals surface area contributed by atoms with E-state index in [0.717, 1.165) is 0 Å². The number of carbonyl (C=O) groups excluding carboxylic acids is 1. The molecule has 0 spiro atoms. The third kappa shape index (κ3) is 3.40. The number of ether oxygens (including phenoxy) is 2. The standard InChI is InChI=1S/C22H18FN3O4S/c1-2-17-25-20-19-13(23)4-3-5-16(19)31-21(20)22(28)26(17)11-18(27)24-12-6-7-14-15(10-12)30-9-8-29-14/h3-7,10H,2,8-9,11H2,1H3,(H,24,27). The van der Waals surface area contributed by atoms with E-state index in [1.165, 1.54) is 22.0 Å². The van der Waals surface area contributed by atoms with Gasteiger partial charge in [0.15, 0.2) is 11.5 Å². The summed E-state index contributed by atoms with van der Waals surface area (Å²) < 4.78 is 27.7. The second-order valence-corrected chi connectivity index (χ2v) is 8.12. The molecule has 0 unspecified atom stereocenters. The summed E-state index contributed by atoms with van der Waals surface area (Å²) in [5.41, 5.74) is 0.543. The summed E-state index contributed by atoms with van der Waals surface area (Å²) in [6.45, 7) is 2.57. The van der Waals surface area contributed by atoms with Crippen molar-refractivity contribution in [2.75, 3.05) is 18.5 Å². The number of aromatic nitrogens is 2. The van der Waals surface area contributed by atoms with Crippen LogP contribution in [0.2, 0.25) is 0 Å². The van der Waals surface area contributed by atoms with Crippen LogP contribution in [-0.2, 0) is 17.8 Å². The number of thiophene rings is 1. The van der Waals surface area contributed by atoms with Crippen molar-refractivity contribution < 1.29 is 18.7 Å². The molecule has 5 rings (SSSR count). The lowest BCUT2D eigenvalue weighted by molar-refractivity contribution is -0.116. The first-order valence-corrected chi connectivity index (χ1v) is 10.7. The Morgan fingerprint density at radius 1 is 1.23 bits per heavy atom. The fraction of sp³-hybridized carbons (Fsp3) is 0.227. The maximum absolute atomic E-state index is 14.4. The highest BCUT2D eigenvalue weighted by molar-refractivity contribution is 7.25. The zero-order valence-electron chi connectivity index (χ0n) is 16.6. The second-order valence-electron chi connectivity index (χ2n) is 7.07. The van der Waals surface area contributed by atoms with Crippen LogP contribution in [0.4, 0.5) is 10.1 Å². The van der Waals surface area contributed by atoms with Gasteiger partial charge in [0.2, 0.25) is 5.91 Å². The lowest BCUT2D eigenvalue weighted by Gasteiger charge is -2.19. The summed E-state index contributed by atoms with van der Waals surface area (Å²) >= 11 is 1.18. The van der Waals surface area contributed by atoms with Crippen LogP contribution in [0.3, 0.4) is 0 Å². The highest BCUT2D eigenvalue weighted by Crippen LogP contribution is 2.33. The van der Waals surface area contributed by atoms with Crippen LogP contribution in [0.5, 0.6) is 11.5 Å². The maximum atomic E-state index is 14.4. The Hall–Kier alpha value is -3.46. The van der Waals surface area contributed by atoms with E-state index in [1.807, 2.05) is 6.92 Å². The van der Waals surface area contributed by atoms with E-state index in [4.69, 9.17) is 9.47 Å². The number of anilines is 1. The number of aryl methyl sites for hydroxylation is 1. The van der Waals surface area contributed by atoms with Gasteiger partial charge in [-0.1, -0.05) is 13.0 Å². The lowest BCUT2D eigenvalue weighted by Crippen LogP contribution is -2.30. The first kappa shape index (κ1) is 19.5. The van der Waals surface area contributed by atoms with Gasteiger partial charge >= 0.3 is 0 Å². The normalized spacial score (nSPS) is 13.0. The van der Waals surface area contributed by atoms with Gasteiger partial charge in [0, 0.05) is 22.9 Å². The van der Waals surface area contributed by atoms with Gasteiger partial charge in [0.1, 0.15) is 36.1 Å². The van der Waals surface area contributed by atoms with Crippen LogP contribution in [0.25, 0.3) is 20.3 Å². The zero-order valence-corrected chi connectivity index (χ0v) is 17.4. The van der Waals surface area contributed by atoms with Crippen LogP contribution >= 0.6 is 11.3 Å². The van der Waals surface area contributed by atoms with Crippen molar-refractivity contribution in [2.24, 2.45) is 0 Å². The van der Waals surface area contributed by atoms with Gasteiger partial charge in [0.05, 0.1) is 10.9 Å². The summed E-state index contributed by atoms with van der Waals surface area (Å²) in [6.07, 6.45) is 0.425. The Morgan fingerprint density at radius 3 is 2.84 bits per heavy atom. The number of hydrogen-bond acceptors (Lipinski definition) is 6. The average molecular weight is 439 g/mol. The van der Waals surface area contributed by atoms with Crippen molar-refractivity contribution in [3.8, 4) is 11.5 Å². The van der Waals surface area contributed by atoms with Crippen LogP contribution in [0.15, 0.2) is 41.2 Å². The minimum absolute atomic E-state index is 0.198. The van der Waals surface area contributed by atoms with Crippen molar-refractivity contribution in [3.05, 3.63) is 58.4 Å². The third-order valence-corrected chi connectivity index (χ3v) is 6.21. The highest BCUT2D eigenvalue weighted by Gasteiger charge is 2.19. The summed E-state index contributed by atoms with van der Waals surface area (Å²) in [5.74, 6) is 0.831. The summed E-state index contributed by atoms with van der Waals surface area (Å²) in [7, 11) is 0. The Balaban J connectivity index is 1.49. The Morgan fingerprint density at radius 2 is 2.03 bits per heavy atom. The van der Waals surface area contributed by atoms with E-state index >= 15 is 0 Å². The number of halogens is 1. The SMILES string of the molecule is CCc1nc2c(sc3cccc(F)c32)c(=O)n1CC(=O)Nc1ccc2c(c1)OCCO2. The van der Waals surface area contributed by atoms with E-state index < -0.39 is 5.82 Å². The number of nitrogens with zero attached hydrogens (tertiary/aromatic N) is 2. The molecular formula is C22H18FN3O4S. The predicted octanol–water partition coefficient (Wildman–Crippen LogP) is 3.72. The summed E-state index contributed by atoms with van der Waals surface area (Å²) in [5, 5.41) is 3.13. The van der Waals surface area contributed by atoms with Gasteiger partial charge in [-0.05, 0) is 24.3 Å². The van der Waals surface area contributed by atoms with Crippen LogP contribution in [-0.4, -0.2) is 28.7 Å². The number of benzene rings is 2. The molecule has 4 aromatic rings. The molecule has 0 aliphatic carbocycles. The molecule has 9 heteroatoms. The predicted molar refractivity (Wildman–Crippen MR) is 117 cm³/mol. The number of hydrogen-bond donors (Lipinski definition) is 1. The van der Waals surface area contributed by atoms with Crippen molar-refractivity contribution in [1.29, 1.82) is 0 Å². The van der Waals surface area contributed by atoms with Crippen LogP contribution < -0.4 is 20.3 Å². The molecular weight excluding hydrogens is 421 g/mol. The molecule has 7 nitrogen and oxygen atoms in total. The van der Waals surface area contributed by atoms with Gasteiger partial charge in [-0.15, -0.1) is 11.3 Å². The fourth-order valence-corrected chi connectivity index (χ4v) is 4.77. The van der Waals surface area contributed by atoms with E-state index in [0.29, 0.717) is 62.9 Å². The van der Waals surface area contributed by atoms with Crippen molar-refractivity contribution in [1.82, 2.24) is 9.55 Å². The van der Waals surface area contributed by atoms with Gasteiger partial charge in [0.25, 0.3) is 5.56 Å².